The Bertz CT molecular complexity index is 635. The van der Waals surface area contributed by atoms with E-state index in [9.17, 15) is 4.79 Å². The van der Waals surface area contributed by atoms with Crippen molar-refractivity contribution >= 4 is 22.9 Å². The summed E-state index contributed by atoms with van der Waals surface area (Å²) in [6, 6.07) is 3.87. The van der Waals surface area contributed by atoms with Crippen LogP contribution in [-0.4, -0.2) is 12.6 Å². The van der Waals surface area contributed by atoms with Crippen LogP contribution in [0, 0.1) is 6.92 Å². The summed E-state index contributed by atoms with van der Waals surface area (Å²) in [7, 11) is 0. The van der Waals surface area contributed by atoms with Crippen molar-refractivity contribution in [1.29, 1.82) is 0 Å². The number of allylic oxidation sites excluding steroid dienone is 1. The SMILES string of the molecule is CCCC/C=C(/c1ccsc1)c1cc(C(=O)OCC)c(C)o1. The van der Waals surface area contributed by atoms with Crippen molar-refractivity contribution < 1.29 is 13.9 Å². The zero-order valence-corrected chi connectivity index (χ0v) is 14.2. The molecule has 0 saturated carbocycles. The molecule has 0 atom stereocenters. The first-order valence-corrected chi connectivity index (χ1v) is 8.62. The molecule has 0 saturated heterocycles. The van der Waals surface area contributed by atoms with Gasteiger partial charge in [0.1, 0.15) is 17.1 Å². The average molecular weight is 318 g/mol. The Morgan fingerprint density at radius 3 is 2.86 bits per heavy atom. The van der Waals surface area contributed by atoms with Gasteiger partial charge in [0.15, 0.2) is 0 Å². The minimum Gasteiger partial charge on any atom is -0.462 e. The number of esters is 1. The van der Waals surface area contributed by atoms with Crippen LogP contribution in [0.15, 0.2) is 33.4 Å². The Balaban J connectivity index is 2.34. The molecule has 2 aromatic heterocycles. The third kappa shape index (κ3) is 3.89. The molecule has 0 radical (unpaired) electrons. The summed E-state index contributed by atoms with van der Waals surface area (Å²) < 4.78 is 10.9. The predicted molar refractivity (Wildman–Crippen MR) is 90.3 cm³/mol. The molecule has 0 amide bonds. The highest BCUT2D eigenvalue weighted by atomic mass is 32.1. The van der Waals surface area contributed by atoms with Gasteiger partial charge < -0.3 is 9.15 Å². The van der Waals surface area contributed by atoms with Crippen LogP contribution in [0.2, 0.25) is 0 Å². The fraction of sp³-hybridized carbons (Fsp3) is 0.389. The average Bonchev–Trinajstić information content (AvgIpc) is 3.14. The lowest BCUT2D eigenvalue weighted by Crippen LogP contribution is -2.04. The van der Waals surface area contributed by atoms with Gasteiger partial charge in [0, 0.05) is 5.57 Å². The molecule has 2 aromatic rings. The maximum absolute atomic E-state index is 11.9. The van der Waals surface area contributed by atoms with E-state index in [4.69, 9.17) is 9.15 Å². The molecule has 2 heterocycles. The van der Waals surface area contributed by atoms with Crippen LogP contribution in [0.4, 0.5) is 0 Å². The molecule has 118 valence electrons. The molecule has 0 aliphatic rings. The normalized spacial score (nSPS) is 11.7. The van der Waals surface area contributed by atoms with Crippen molar-refractivity contribution in [1.82, 2.24) is 0 Å². The maximum Gasteiger partial charge on any atom is 0.341 e. The highest BCUT2D eigenvalue weighted by molar-refractivity contribution is 7.08. The zero-order chi connectivity index (χ0) is 15.9. The van der Waals surface area contributed by atoms with E-state index in [1.54, 1.807) is 31.3 Å². The van der Waals surface area contributed by atoms with Crippen LogP contribution in [-0.2, 0) is 4.74 Å². The van der Waals surface area contributed by atoms with Crippen LogP contribution in [0.1, 0.15) is 60.6 Å². The molecule has 0 N–H and O–H groups in total. The first-order valence-electron chi connectivity index (χ1n) is 7.68. The highest BCUT2D eigenvalue weighted by Crippen LogP contribution is 2.30. The molecule has 0 fully saturated rings. The van der Waals surface area contributed by atoms with Gasteiger partial charge in [0.05, 0.1) is 6.61 Å². The molecule has 0 spiro atoms. The van der Waals surface area contributed by atoms with Crippen molar-refractivity contribution in [3.05, 3.63) is 51.6 Å². The predicted octanol–water partition coefficient (Wildman–Crippen LogP) is 5.45. The topological polar surface area (TPSA) is 39.4 Å². The smallest absolute Gasteiger partial charge is 0.341 e. The second-order valence-electron chi connectivity index (χ2n) is 5.07. The number of aryl methyl sites for hydroxylation is 1. The van der Waals surface area contributed by atoms with E-state index < -0.39 is 0 Å². The van der Waals surface area contributed by atoms with E-state index in [0.717, 1.165) is 36.2 Å². The Hall–Kier alpha value is -1.81. The first kappa shape index (κ1) is 16.6. The molecular weight excluding hydrogens is 296 g/mol. The number of hydrogen-bond acceptors (Lipinski definition) is 4. The van der Waals surface area contributed by atoms with Gasteiger partial charge in [-0.3, -0.25) is 0 Å². The Kier molecular flexibility index (Phi) is 6.01. The number of furan rings is 1. The van der Waals surface area contributed by atoms with Crippen molar-refractivity contribution in [2.45, 2.75) is 40.0 Å². The third-order valence-corrected chi connectivity index (χ3v) is 4.10. The molecule has 0 aliphatic carbocycles. The monoisotopic (exact) mass is 318 g/mol. The lowest BCUT2D eigenvalue weighted by molar-refractivity contribution is 0.0524. The Morgan fingerprint density at radius 2 is 2.23 bits per heavy atom. The van der Waals surface area contributed by atoms with Crippen LogP contribution in [0.5, 0.6) is 0 Å². The largest absolute Gasteiger partial charge is 0.462 e. The van der Waals surface area contributed by atoms with Crippen molar-refractivity contribution in [2.75, 3.05) is 6.61 Å². The molecule has 3 nitrogen and oxygen atoms in total. The summed E-state index contributed by atoms with van der Waals surface area (Å²) >= 11 is 1.65. The lowest BCUT2D eigenvalue weighted by Gasteiger charge is -2.02. The second kappa shape index (κ2) is 7.99. The van der Waals surface area contributed by atoms with Crippen LogP contribution >= 0.6 is 11.3 Å². The molecule has 0 unspecified atom stereocenters. The Morgan fingerprint density at radius 1 is 1.41 bits per heavy atom. The highest BCUT2D eigenvalue weighted by Gasteiger charge is 2.18. The van der Waals surface area contributed by atoms with Crippen LogP contribution in [0.25, 0.3) is 5.57 Å². The second-order valence-corrected chi connectivity index (χ2v) is 5.85. The van der Waals surface area contributed by atoms with Crippen molar-refractivity contribution in [3.63, 3.8) is 0 Å². The van der Waals surface area contributed by atoms with Gasteiger partial charge in [-0.2, -0.15) is 11.3 Å². The van der Waals surface area contributed by atoms with E-state index >= 15 is 0 Å². The summed E-state index contributed by atoms with van der Waals surface area (Å²) in [5.41, 5.74) is 2.69. The lowest BCUT2D eigenvalue weighted by atomic mass is 10.0. The summed E-state index contributed by atoms with van der Waals surface area (Å²) in [5.74, 6) is 1.01. The standard InChI is InChI=1S/C18H22O3S/c1-4-6-7-8-15(14-9-10-22-12-14)17-11-16(13(3)21-17)18(19)20-5-2/h8-12H,4-7H2,1-3H3/b15-8-. The Labute approximate surface area is 135 Å². The number of thiophene rings is 1. The van der Waals surface area contributed by atoms with E-state index in [2.05, 4.69) is 24.4 Å². The number of hydrogen-bond donors (Lipinski definition) is 0. The number of rotatable bonds is 7. The fourth-order valence-corrected chi connectivity index (χ4v) is 2.91. The molecule has 22 heavy (non-hydrogen) atoms. The number of ether oxygens (including phenoxy) is 1. The number of carbonyl (C=O) groups is 1. The summed E-state index contributed by atoms with van der Waals surface area (Å²) in [6.07, 6.45) is 5.48. The van der Waals surface area contributed by atoms with Crippen molar-refractivity contribution in [3.8, 4) is 0 Å². The number of unbranched alkanes of at least 4 members (excludes halogenated alkanes) is 2. The van der Waals surface area contributed by atoms with Gasteiger partial charge in [-0.05, 0) is 48.7 Å². The summed E-state index contributed by atoms with van der Waals surface area (Å²) in [4.78, 5) is 11.9. The van der Waals surface area contributed by atoms with Crippen molar-refractivity contribution in [2.24, 2.45) is 0 Å². The molecule has 0 aliphatic heterocycles. The molecule has 0 bridgehead atoms. The van der Waals surface area contributed by atoms with Crippen LogP contribution < -0.4 is 0 Å². The van der Waals surface area contributed by atoms with Gasteiger partial charge in [0.25, 0.3) is 0 Å². The summed E-state index contributed by atoms with van der Waals surface area (Å²) in [6.45, 7) is 6.14. The molecule has 0 aromatic carbocycles. The number of carbonyl (C=O) groups excluding carboxylic acids is 1. The third-order valence-electron chi connectivity index (χ3n) is 3.42. The molecular formula is C18H22O3S. The van der Waals surface area contributed by atoms with Gasteiger partial charge in [-0.15, -0.1) is 0 Å². The van der Waals surface area contributed by atoms with Crippen LogP contribution in [0.3, 0.4) is 0 Å². The first-order chi connectivity index (χ1) is 10.7. The van der Waals surface area contributed by atoms with E-state index in [-0.39, 0.29) is 5.97 Å². The summed E-state index contributed by atoms with van der Waals surface area (Å²) in [5, 5.41) is 4.14. The molecule has 4 heteroatoms. The van der Waals surface area contributed by atoms with Gasteiger partial charge in [0.2, 0.25) is 0 Å². The van der Waals surface area contributed by atoms with E-state index in [1.165, 1.54) is 0 Å². The van der Waals surface area contributed by atoms with E-state index in [0.29, 0.717) is 17.9 Å². The molecule has 2 rings (SSSR count). The minimum atomic E-state index is -0.326. The maximum atomic E-state index is 11.9. The van der Waals surface area contributed by atoms with Gasteiger partial charge >= 0.3 is 5.97 Å². The quantitative estimate of drug-likeness (QED) is 0.503. The van der Waals surface area contributed by atoms with Gasteiger partial charge in [-0.1, -0.05) is 25.8 Å². The fourth-order valence-electron chi connectivity index (χ4n) is 2.26. The minimum absolute atomic E-state index is 0.326. The van der Waals surface area contributed by atoms with Gasteiger partial charge in [-0.25, -0.2) is 4.79 Å². The zero-order valence-electron chi connectivity index (χ0n) is 13.3. The van der Waals surface area contributed by atoms with E-state index in [1.807, 2.05) is 5.38 Å².